The van der Waals surface area contributed by atoms with Gasteiger partial charge in [-0.25, -0.2) is 4.79 Å². The lowest BCUT2D eigenvalue weighted by Gasteiger charge is -2.12. The molecule has 0 fully saturated rings. The van der Waals surface area contributed by atoms with Gasteiger partial charge in [0, 0.05) is 6.42 Å². The van der Waals surface area contributed by atoms with Gasteiger partial charge in [-0.05, 0) is 55.0 Å². The maximum atomic E-state index is 12.2. The van der Waals surface area contributed by atoms with Crippen molar-refractivity contribution < 1.29 is 14.3 Å². The number of unbranched alkanes of at least 4 members (excludes halogenated alkanes) is 3. The van der Waals surface area contributed by atoms with Crippen molar-refractivity contribution in [1.29, 1.82) is 0 Å². The summed E-state index contributed by atoms with van der Waals surface area (Å²) in [5.74, 6) is -0.492. The lowest BCUT2D eigenvalue weighted by molar-refractivity contribution is -0.126. The zero-order valence-electron chi connectivity index (χ0n) is 17.4. The van der Waals surface area contributed by atoms with Gasteiger partial charge >= 0.3 is 5.97 Å². The molecular formula is C25H32O3. The fourth-order valence-corrected chi connectivity index (χ4v) is 3.16. The van der Waals surface area contributed by atoms with E-state index in [0.29, 0.717) is 12.0 Å². The minimum absolute atomic E-state index is 0.0396. The largest absolute Gasteiger partial charge is 0.451 e. The average molecular weight is 381 g/mol. The first-order valence-electron chi connectivity index (χ1n) is 10.5. The molecule has 28 heavy (non-hydrogen) atoms. The predicted octanol–water partition coefficient (Wildman–Crippen LogP) is 6.39. The maximum Gasteiger partial charge on any atom is 0.338 e. The van der Waals surface area contributed by atoms with Crippen molar-refractivity contribution in [2.75, 3.05) is 0 Å². The molecule has 0 aliphatic carbocycles. The van der Waals surface area contributed by atoms with E-state index in [2.05, 4.69) is 31.2 Å². The first kappa shape index (κ1) is 21.9. The summed E-state index contributed by atoms with van der Waals surface area (Å²) in [6, 6.07) is 16.0. The Hall–Kier alpha value is -2.42. The lowest BCUT2D eigenvalue weighted by Crippen LogP contribution is -2.24. The Morgan fingerprint density at radius 1 is 0.821 bits per heavy atom. The number of aryl methyl sites for hydroxylation is 1. The summed E-state index contributed by atoms with van der Waals surface area (Å²) in [5, 5.41) is 0. The Morgan fingerprint density at radius 3 is 2.00 bits per heavy atom. The average Bonchev–Trinajstić information content (AvgIpc) is 2.72. The second kappa shape index (κ2) is 11.4. The third-order valence-electron chi connectivity index (χ3n) is 4.96. The van der Waals surface area contributed by atoms with E-state index in [0.717, 1.165) is 24.0 Å². The van der Waals surface area contributed by atoms with Crippen LogP contribution in [0.5, 0.6) is 0 Å². The van der Waals surface area contributed by atoms with E-state index in [1.807, 2.05) is 19.1 Å². The standard InChI is InChI=1S/C25H32O3/c1-4-6-7-8-10-20-11-13-21(14-12-20)22-15-17-23(18-16-22)25(27)28-19(3)24(26)9-5-2/h11-19H,4-10H2,1-3H3. The smallest absolute Gasteiger partial charge is 0.338 e. The van der Waals surface area contributed by atoms with Crippen LogP contribution in [-0.2, 0) is 16.0 Å². The zero-order valence-corrected chi connectivity index (χ0v) is 17.4. The van der Waals surface area contributed by atoms with Crippen molar-refractivity contribution in [2.24, 2.45) is 0 Å². The van der Waals surface area contributed by atoms with Gasteiger partial charge < -0.3 is 4.74 Å². The van der Waals surface area contributed by atoms with Gasteiger partial charge in [-0.2, -0.15) is 0 Å². The molecule has 2 rings (SSSR count). The van der Waals surface area contributed by atoms with Crippen LogP contribution in [0.2, 0.25) is 0 Å². The number of Topliss-reactive ketones (excluding diaryl/α,β-unsaturated/α-hetero) is 1. The first-order valence-corrected chi connectivity index (χ1v) is 10.5. The third kappa shape index (κ3) is 6.63. The number of rotatable bonds is 11. The molecule has 0 aliphatic heterocycles. The molecule has 2 aromatic rings. The number of carbonyl (C=O) groups is 2. The van der Waals surface area contributed by atoms with Crippen LogP contribution in [0.15, 0.2) is 48.5 Å². The van der Waals surface area contributed by atoms with Gasteiger partial charge in [0.05, 0.1) is 5.56 Å². The van der Waals surface area contributed by atoms with E-state index in [1.54, 1.807) is 19.1 Å². The van der Waals surface area contributed by atoms with Gasteiger partial charge in [0.2, 0.25) is 0 Å². The number of ketones is 1. The molecular weight excluding hydrogens is 348 g/mol. The van der Waals surface area contributed by atoms with Crippen LogP contribution < -0.4 is 0 Å². The van der Waals surface area contributed by atoms with E-state index < -0.39 is 12.1 Å². The molecule has 1 atom stereocenters. The summed E-state index contributed by atoms with van der Waals surface area (Å²) >= 11 is 0. The van der Waals surface area contributed by atoms with Crippen LogP contribution in [-0.4, -0.2) is 17.9 Å². The van der Waals surface area contributed by atoms with Gasteiger partial charge in [0.1, 0.15) is 0 Å². The predicted molar refractivity (Wildman–Crippen MR) is 115 cm³/mol. The maximum absolute atomic E-state index is 12.2. The van der Waals surface area contributed by atoms with Gasteiger partial charge in [0.15, 0.2) is 11.9 Å². The first-order chi connectivity index (χ1) is 13.5. The highest BCUT2D eigenvalue weighted by Crippen LogP contribution is 2.21. The second-order valence-electron chi connectivity index (χ2n) is 7.35. The Kier molecular flexibility index (Phi) is 8.93. The highest BCUT2D eigenvalue weighted by Gasteiger charge is 2.18. The number of carbonyl (C=O) groups excluding carboxylic acids is 2. The highest BCUT2D eigenvalue weighted by atomic mass is 16.5. The summed E-state index contributed by atoms with van der Waals surface area (Å²) in [6.45, 7) is 5.80. The lowest BCUT2D eigenvalue weighted by atomic mass is 10.0. The summed E-state index contributed by atoms with van der Waals surface area (Å²) in [4.78, 5) is 24.0. The fraction of sp³-hybridized carbons (Fsp3) is 0.440. The summed E-state index contributed by atoms with van der Waals surface area (Å²) in [7, 11) is 0. The molecule has 0 saturated heterocycles. The number of benzene rings is 2. The molecule has 3 heteroatoms. The summed E-state index contributed by atoms with van der Waals surface area (Å²) < 4.78 is 5.28. The Labute approximate surface area is 169 Å². The summed E-state index contributed by atoms with van der Waals surface area (Å²) in [6.07, 6.45) is 6.71. The fourth-order valence-electron chi connectivity index (χ4n) is 3.16. The van der Waals surface area contributed by atoms with Gasteiger partial charge in [-0.15, -0.1) is 0 Å². The zero-order chi connectivity index (χ0) is 20.4. The molecule has 0 aliphatic rings. The molecule has 2 aromatic carbocycles. The van der Waals surface area contributed by atoms with Crippen LogP contribution in [0, 0.1) is 0 Å². The van der Waals surface area contributed by atoms with Crippen LogP contribution in [0.3, 0.4) is 0 Å². The minimum atomic E-state index is -0.697. The topological polar surface area (TPSA) is 43.4 Å². The van der Waals surface area contributed by atoms with Crippen molar-refractivity contribution in [1.82, 2.24) is 0 Å². The Morgan fingerprint density at radius 2 is 1.43 bits per heavy atom. The molecule has 0 heterocycles. The molecule has 3 nitrogen and oxygen atoms in total. The normalized spacial score (nSPS) is 11.8. The third-order valence-corrected chi connectivity index (χ3v) is 4.96. The van der Waals surface area contributed by atoms with Crippen molar-refractivity contribution >= 4 is 11.8 Å². The monoisotopic (exact) mass is 380 g/mol. The number of ether oxygens (including phenoxy) is 1. The highest BCUT2D eigenvalue weighted by molar-refractivity contribution is 5.93. The number of hydrogen-bond donors (Lipinski definition) is 0. The SMILES string of the molecule is CCCCCCc1ccc(-c2ccc(C(=O)OC(C)C(=O)CCC)cc2)cc1. The summed E-state index contributed by atoms with van der Waals surface area (Å²) in [5.41, 5.74) is 4.02. The van der Waals surface area contributed by atoms with Crippen LogP contribution in [0.1, 0.15) is 75.2 Å². The number of hydrogen-bond acceptors (Lipinski definition) is 3. The van der Waals surface area contributed by atoms with Crippen LogP contribution in [0.25, 0.3) is 11.1 Å². The molecule has 0 amide bonds. The van der Waals surface area contributed by atoms with E-state index in [9.17, 15) is 9.59 Å². The van der Waals surface area contributed by atoms with Crippen LogP contribution in [0.4, 0.5) is 0 Å². The Balaban J connectivity index is 1.94. The molecule has 0 radical (unpaired) electrons. The van der Waals surface area contributed by atoms with Crippen molar-refractivity contribution in [3.63, 3.8) is 0 Å². The quantitative estimate of drug-likeness (QED) is 0.335. The van der Waals surface area contributed by atoms with Gasteiger partial charge in [-0.3, -0.25) is 4.79 Å². The second-order valence-corrected chi connectivity index (χ2v) is 7.35. The molecule has 0 spiro atoms. The van der Waals surface area contributed by atoms with Crippen molar-refractivity contribution in [3.8, 4) is 11.1 Å². The van der Waals surface area contributed by atoms with Crippen molar-refractivity contribution in [3.05, 3.63) is 59.7 Å². The Bertz CT molecular complexity index is 744. The molecule has 0 N–H and O–H groups in total. The van der Waals surface area contributed by atoms with Crippen molar-refractivity contribution in [2.45, 2.75) is 71.8 Å². The molecule has 0 saturated carbocycles. The van der Waals surface area contributed by atoms with E-state index in [1.165, 1.54) is 31.2 Å². The van der Waals surface area contributed by atoms with E-state index >= 15 is 0 Å². The molecule has 150 valence electrons. The molecule has 0 bridgehead atoms. The van der Waals surface area contributed by atoms with Crippen LogP contribution >= 0.6 is 0 Å². The van der Waals surface area contributed by atoms with E-state index in [-0.39, 0.29) is 5.78 Å². The molecule has 0 aromatic heterocycles. The number of esters is 1. The van der Waals surface area contributed by atoms with E-state index in [4.69, 9.17) is 4.74 Å². The van der Waals surface area contributed by atoms with Gasteiger partial charge in [-0.1, -0.05) is 69.5 Å². The van der Waals surface area contributed by atoms with Gasteiger partial charge in [0.25, 0.3) is 0 Å². The molecule has 1 unspecified atom stereocenters. The minimum Gasteiger partial charge on any atom is -0.451 e.